The molecule has 0 aromatic rings. The van der Waals surface area contributed by atoms with E-state index >= 15 is 0 Å². The van der Waals surface area contributed by atoms with Crippen molar-refractivity contribution in [2.24, 2.45) is 0 Å². The summed E-state index contributed by atoms with van der Waals surface area (Å²) in [5.74, 6) is 0. The summed E-state index contributed by atoms with van der Waals surface area (Å²) in [6, 6.07) is 0. The topological polar surface area (TPSA) is 0 Å². The fraction of sp³-hybridized carbons (Fsp3) is 1.00. The van der Waals surface area contributed by atoms with Crippen LogP contribution in [0.25, 0.3) is 0 Å². The second-order valence-electron chi connectivity index (χ2n) is 0.781. The van der Waals surface area contributed by atoms with Crippen LogP contribution in [0.5, 0.6) is 0 Å². The number of rotatable bonds is 0. The average molecular weight is 157 g/mol. The minimum Gasteiger partial charge on any atom is -0.172 e. The van der Waals surface area contributed by atoms with Crippen molar-refractivity contribution in [1.29, 1.82) is 0 Å². The lowest BCUT2D eigenvalue weighted by Crippen LogP contribution is -1.95. The summed E-state index contributed by atoms with van der Waals surface area (Å²) in [7, 11) is 0. The van der Waals surface area contributed by atoms with Gasteiger partial charge in [0.15, 0.2) is 0 Å². The van der Waals surface area contributed by atoms with Crippen LogP contribution in [0.2, 0.25) is 0 Å². The Morgan fingerprint density at radius 2 is 1.00 bits per heavy atom. The van der Waals surface area contributed by atoms with Crippen molar-refractivity contribution in [1.82, 2.24) is 0 Å². The summed E-state index contributed by atoms with van der Waals surface area (Å²) in [4.78, 5) is 0. The van der Waals surface area contributed by atoms with Crippen LogP contribution in [0.3, 0.4) is 0 Å². The predicted molar refractivity (Wildman–Crippen MR) is 26.2 cm³/mol. The van der Waals surface area contributed by atoms with Crippen molar-refractivity contribution in [3.63, 3.8) is 0 Å². The maximum absolute atomic E-state index is 10.4. The molecule has 0 N–H and O–H groups in total. The maximum atomic E-state index is 10.4. The largest absolute Gasteiger partial charge is 0.386 e. The van der Waals surface area contributed by atoms with Gasteiger partial charge in [-0.25, -0.2) is 0 Å². The maximum Gasteiger partial charge on any atom is 0.386 e. The number of hydrogen-bond donors (Lipinski definition) is 0. The summed E-state index contributed by atoms with van der Waals surface area (Å²) in [6.07, 6.45) is -4.00. The van der Waals surface area contributed by atoms with Gasteiger partial charge in [0, 0.05) is 6.92 Å². The monoisotopic (exact) mass is 156 g/mol. The molecule has 0 aliphatic rings. The molecule has 0 bridgehead atoms. The number of hydrogen-bond acceptors (Lipinski definition) is 0. The second kappa shape index (κ2) is 4.53. The van der Waals surface area contributed by atoms with Crippen molar-refractivity contribution < 1.29 is 13.2 Å². The molecular formula is C2H5Cl2F3. The fourth-order valence-electron chi connectivity index (χ4n) is 0. The molecule has 0 heterocycles. The molecule has 0 aliphatic heterocycles. The Kier molecular flexibility index (Phi) is 10.1. The molecule has 7 heavy (non-hydrogen) atoms. The molecule has 0 nitrogen and oxygen atoms in total. The average Bonchev–Trinajstić information content (AvgIpc) is 0.722. The normalized spacial score (nSPS) is 8.57. The fourth-order valence-corrected chi connectivity index (χ4v) is 0. The van der Waals surface area contributed by atoms with Crippen LogP contribution >= 0.6 is 24.8 Å². The minimum absolute atomic E-state index is 0. The minimum atomic E-state index is -4.00. The van der Waals surface area contributed by atoms with E-state index in [2.05, 4.69) is 0 Å². The summed E-state index contributed by atoms with van der Waals surface area (Å²) < 4.78 is 31.1. The van der Waals surface area contributed by atoms with Crippen LogP contribution in [-0.2, 0) is 0 Å². The molecule has 0 aromatic heterocycles. The second-order valence-corrected chi connectivity index (χ2v) is 0.781. The Labute approximate surface area is 51.9 Å². The molecule has 0 unspecified atom stereocenters. The van der Waals surface area contributed by atoms with Gasteiger partial charge in [-0.2, -0.15) is 13.2 Å². The van der Waals surface area contributed by atoms with Gasteiger partial charge in [-0.15, -0.1) is 24.8 Å². The molecule has 0 saturated heterocycles. The third-order valence-corrected chi connectivity index (χ3v) is 0. The first kappa shape index (κ1) is 15.7. The quantitative estimate of drug-likeness (QED) is 0.506. The summed E-state index contributed by atoms with van der Waals surface area (Å²) >= 11 is 0. The van der Waals surface area contributed by atoms with Gasteiger partial charge in [0.2, 0.25) is 0 Å². The van der Waals surface area contributed by atoms with E-state index in [-0.39, 0.29) is 31.7 Å². The molecule has 0 saturated carbocycles. The van der Waals surface area contributed by atoms with Crippen molar-refractivity contribution in [2.45, 2.75) is 13.1 Å². The zero-order valence-corrected chi connectivity index (χ0v) is 5.08. The van der Waals surface area contributed by atoms with Crippen molar-refractivity contribution in [2.75, 3.05) is 0 Å². The van der Waals surface area contributed by atoms with Gasteiger partial charge in [0.05, 0.1) is 0 Å². The molecule has 0 rings (SSSR count). The van der Waals surface area contributed by atoms with Crippen LogP contribution in [0.15, 0.2) is 0 Å². The van der Waals surface area contributed by atoms with E-state index in [4.69, 9.17) is 0 Å². The molecule has 0 atom stereocenters. The van der Waals surface area contributed by atoms with E-state index in [1.165, 1.54) is 0 Å². The molecule has 0 spiro atoms. The number of alkyl halides is 3. The Hall–Kier alpha value is 0.370. The van der Waals surface area contributed by atoms with Crippen molar-refractivity contribution in [3.8, 4) is 0 Å². The summed E-state index contributed by atoms with van der Waals surface area (Å²) in [5.41, 5.74) is 0. The highest BCUT2D eigenvalue weighted by Gasteiger charge is 2.15. The van der Waals surface area contributed by atoms with Crippen LogP contribution in [-0.4, -0.2) is 6.18 Å². The first-order valence-corrected chi connectivity index (χ1v) is 1.07. The van der Waals surface area contributed by atoms with E-state index in [0.717, 1.165) is 0 Å². The van der Waals surface area contributed by atoms with E-state index in [0.29, 0.717) is 0 Å². The molecule has 0 aromatic carbocycles. The molecule has 0 fully saturated rings. The van der Waals surface area contributed by atoms with Gasteiger partial charge in [0.25, 0.3) is 0 Å². The first-order chi connectivity index (χ1) is 2.00. The van der Waals surface area contributed by atoms with Gasteiger partial charge in [-0.05, 0) is 0 Å². The molecule has 0 amide bonds. The van der Waals surface area contributed by atoms with Gasteiger partial charge < -0.3 is 0 Å². The number of halogens is 5. The highest BCUT2D eigenvalue weighted by molar-refractivity contribution is 5.85. The lowest BCUT2D eigenvalue weighted by Gasteiger charge is -1.88. The highest BCUT2D eigenvalue weighted by atomic mass is 35.5. The summed E-state index contributed by atoms with van der Waals surface area (Å²) in [6.45, 7) is 0.188. The van der Waals surface area contributed by atoms with E-state index in [1.807, 2.05) is 0 Å². The smallest absolute Gasteiger partial charge is 0.172 e. The molecule has 0 aliphatic carbocycles. The molecule has 5 heteroatoms. The molecule has 48 valence electrons. The van der Waals surface area contributed by atoms with E-state index in [9.17, 15) is 13.2 Å². The zero-order chi connectivity index (χ0) is 4.50. The highest BCUT2D eigenvalue weighted by Crippen LogP contribution is 2.10. The molecular weight excluding hydrogens is 152 g/mol. The standard InChI is InChI=1S/C2H3F3.2ClH/c1-2(3,4)5;;/h1H3;2*1H. The first-order valence-electron chi connectivity index (χ1n) is 1.07. The van der Waals surface area contributed by atoms with E-state index < -0.39 is 6.18 Å². The lowest BCUT2D eigenvalue weighted by atomic mass is 10.8. The zero-order valence-electron chi connectivity index (χ0n) is 3.45. The predicted octanol–water partition coefficient (Wildman–Crippen LogP) is 2.41. The Morgan fingerprint density at radius 1 is 1.00 bits per heavy atom. The van der Waals surface area contributed by atoms with Crippen LogP contribution in [0, 0.1) is 0 Å². The van der Waals surface area contributed by atoms with Crippen LogP contribution in [0.1, 0.15) is 6.92 Å². The van der Waals surface area contributed by atoms with E-state index in [1.54, 1.807) is 0 Å². The lowest BCUT2D eigenvalue weighted by molar-refractivity contribution is -0.110. The van der Waals surface area contributed by atoms with Crippen molar-refractivity contribution in [3.05, 3.63) is 0 Å². The molecule has 0 radical (unpaired) electrons. The van der Waals surface area contributed by atoms with Crippen LogP contribution in [0.4, 0.5) is 13.2 Å². The van der Waals surface area contributed by atoms with Gasteiger partial charge >= 0.3 is 6.18 Å². The van der Waals surface area contributed by atoms with Gasteiger partial charge in [-0.1, -0.05) is 0 Å². The Balaban J connectivity index is -0.0000000800. The summed E-state index contributed by atoms with van der Waals surface area (Å²) in [5, 5.41) is 0. The van der Waals surface area contributed by atoms with Gasteiger partial charge in [-0.3, -0.25) is 0 Å². The Bertz CT molecular complexity index is 26.4. The Morgan fingerprint density at radius 3 is 1.00 bits per heavy atom. The SMILES string of the molecule is CC(F)(F)F.Cl.Cl. The van der Waals surface area contributed by atoms with Crippen LogP contribution < -0.4 is 0 Å². The third-order valence-electron chi connectivity index (χ3n) is 0. The van der Waals surface area contributed by atoms with Crippen molar-refractivity contribution >= 4 is 24.8 Å². The van der Waals surface area contributed by atoms with Gasteiger partial charge in [0.1, 0.15) is 0 Å². The third kappa shape index (κ3) is 889.